The normalized spacial score (nSPS) is 20.8. The van der Waals surface area contributed by atoms with Crippen molar-refractivity contribution in [2.24, 2.45) is 0 Å². The lowest BCUT2D eigenvalue weighted by atomic mass is 10.1. The van der Waals surface area contributed by atoms with Crippen LogP contribution in [0.15, 0.2) is 22.8 Å². The Morgan fingerprint density at radius 1 is 1.56 bits per heavy atom. The van der Waals surface area contributed by atoms with Gasteiger partial charge >= 0.3 is 0 Å². The topological polar surface area (TPSA) is 29.3 Å². The Labute approximate surface area is 107 Å². The molecule has 0 spiro atoms. The van der Waals surface area contributed by atoms with E-state index in [9.17, 15) is 0 Å². The summed E-state index contributed by atoms with van der Waals surface area (Å²) in [6.45, 7) is 2.05. The molecule has 0 saturated carbocycles. The number of hydrogen-bond donors (Lipinski definition) is 1. The number of pyridine rings is 1. The minimum absolute atomic E-state index is 0.467. The van der Waals surface area contributed by atoms with Gasteiger partial charge in [-0.1, -0.05) is 11.6 Å². The van der Waals surface area contributed by atoms with Gasteiger partial charge in [-0.2, -0.15) is 0 Å². The average Bonchev–Trinajstić information content (AvgIpc) is 2.86. The first-order valence-electron chi connectivity index (χ1n) is 5.30. The maximum Gasteiger partial charge on any atom is 0.156 e. The molecule has 1 saturated heterocycles. The standard InChI is InChI=1S/C11H11BrClN3/c12-8-2-1-5-16-9(8)10(13)15-11(16)7-3-4-14-6-7/h1-2,5,7,14H,3-4,6H2. The average molecular weight is 301 g/mol. The Bertz CT molecular complexity index is 531. The van der Waals surface area contributed by atoms with Crippen molar-refractivity contribution in [3.05, 3.63) is 33.8 Å². The molecule has 2 aromatic heterocycles. The molecule has 2 aromatic rings. The van der Waals surface area contributed by atoms with Gasteiger partial charge in [0, 0.05) is 23.1 Å². The van der Waals surface area contributed by atoms with E-state index in [1.54, 1.807) is 0 Å². The molecule has 0 amide bonds. The van der Waals surface area contributed by atoms with Crippen molar-refractivity contribution in [2.45, 2.75) is 12.3 Å². The summed E-state index contributed by atoms with van der Waals surface area (Å²) in [6, 6.07) is 3.99. The summed E-state index contributed by atoms with van der Waals surface area (Å²) < 4.78 is 3.08. The van der Waals surface area contributed by atoms with Gasteiger partial charge in [0.15, 0.2) is 5.15 Å². The Morgan fingerprint density at radius 2 is 2.44 bits per heavy atom. The molecule has 1 N–H and O–H groups in total. The summed E-state index contributed by atoms with van der Waals surface area (Å²) in [6.07, 6.45) is 3.15. The number of fused-ring (bicyclic) bond motifs is 1. The molecule has 1 atom stereocenters. The minimum atomic E-state index is 0.467. The van der Waals surface area contributed by atoms with Crippen molar-refractivity contribution in [1.29, 1.82) is 0 Å². The molecule has 1 fully saturated rings. The zero-order valence-electron chi connectivity index (χ0n) is 8.58. The highest BCUT2D eigenvalue weighted by molar-refractivity contribution is 9.10. The van der Waals surface area contributed by atoms with Gasteiger partial charge < -0.3 is 9.72 Å². The summed E-state index contributed by atoms with van der Waals surface area (Å²) in [5.74, 6) is 1.53. The van der Waals surface area contributed by atoms with E-state index in [-0.39, 0.29) is 0 Å². The maximum absolute atomic E-state index is 6.18. The van der Waals surface area contributed by atoms with Crippen LogP contribution >= 0.6 is 27.5 Å². The fourth-order valence-corrected chi connectivity index (χ4v) is 3.17. The highest BCUT2D eigenvalue weighted by atomic mass is 79.9. The lowest BCUT2D eigenvalue weighted by Crippen LogP contribution is -2.10. The van der Waals surface area contributed by atoms with E-state index in [4.69, 9.17) is 11.6 Å². The van der Waals surface area contributed by atoms with Crippen molar-refractivity contribution >= 4 is 33.0 Å². The van der Waals surface area contributed by atoms with Gasteiger partial charge in [-0.3, -0.25) is 0 Å². The first-order chi connectivity index (χ1) is 7.77. The van der Waals surface area contributed by atoms with Gasteiger partial charge in [0.05, 0.1) is 5.52 Å². The van der Waals surface area contributed by atoms with Crippen molar-refractivity contribution in [2.75, 3.05) is 13.1 Å². The molecule has 0 bridgehead atoms. The van der Waals surface area contributed by atoms with E-state index in [0.717, 1.165) is 35.3 Å². The molecule has 1 aliphatic rings. The third-order valence-electron chi connectivity index (χ3n) is 3.03. The van der Waals surface area contributed by atoms with Crippen LogP contribution in [-0.4, -0.2) is 22.5 Å². The second-order valence-electron chi connectivity index (χ2n) is 4.03. The molecule has 3 rings (SSSR count). The Kier molecular flexibility index (Phi) is 2.65. The van der Waals surface area contributed by atoms with Crippen molar-refractivity contribution in [1.82, 2.24) is 14.7 Å². The summed E-state index contributed by atoms with van der Waals surface area (Å²) in [7, 11) is 0. The van der Waals surface area contributed by atoms with Crippen LogP contribution in [0.25, 0.3) is 5.52 Å². The zero-order valence-corrected chi connectivity index (χ0v) is 10.9. The molecule has 5 heteroatoms. The number of rotatable bonds is 1. The molecule has 1 unspecified atom stereocenters. The molecule has 3 heterocycles. The summed E-state index contributed by atoms with van der Waals surface area (Å²) in [5.41, 5.74) is 0.964. The number of imidazole rings is 1. The number of hydrogen-bond acceptors (Lipinski definition) is 2. The summed E-state index contributed by atoms with van der Waals surface area (Å²) in [5, 5.41) is 3.93. The minimum Gasteiger partial charge on any atom is -0.316 e. The first kappa shape index (κ1) is 10.6. The third-order valence-corrected chi connectivity index (χ3v) is 3.93. The Balaban J connectivity index is 2.22. The van der Waals surface area contributed by atoms with Gasteiger partial charge in [0.1, 0.15) is 5.82 Å². The number of nitrogens with one attached hydrogen (secondary N) is 1. The molecule has 3 nitrogen and oxygen atoms in total. The maximum atomic E-state index is 6.18. The van der Waals surface area contributed by atoms with Crippen LogP contribution < -0.4 is 5.32 Å². The molecular weight excluding hydrogens is 289 g/mol. The SMILES string of the molecule is Clc1nc(C2CCNC2)n2cccc(Br)c12. The number of aromatic nitrogens is 2. The summed E-state index contributed by atoms with van der Waals surface area (Å²) in [4.78, 5) is 4.49. The largest absolute Gasteiger partial charge is 0.316 e. The Morgan fingerprint density at radius 3 is 3.19 bits per heavy atom. The number of halogens is 2. The van der Waals surface area contributed by atoms with Crippen LogP contribution in [0.5, 0.6) is 0 Å². The third kappa shape index (κ3) is 1.56. The van der Waals surface area contributed by atoms with Crippen LogP contribution in [0.1, 0.15) is 18.2 Å². The van der Waals surface area contributed by atoms with E-state index in [2.05, 4.69) is 30.6 Å². The highest BCUT2D eigenvalue weighted by Crippen LogP contribution is 2.30. The van der Waals surface area contributed by atoms with Gasteiger partial charge in [-0.15, -0.1) is 0 Å². The van der Waals surface area contributed by atoms with E-state index in [1.165, 1.54) is 0 Å². The van der Waals surface area contributed by atoms with E-state index >= 15 is 0 Å². The molecule has 0 radical (unpaired) electrons. The van der Waals surface area contributed by atoms with Gasteiger partial charge in [-0.05, 0) is 41.0 Å². The highest BCUT2D eigenvalue weighted by Gasteiger charge is 2.23. The fourth-order valence-electron chi connectivity index (χ4n) is 2.24. The fraction of sp³-hybridized carbons (Fsp3) is 0.364. The van der Waals surface area contributed by atoms with Gasteiger partial charge in [0.25, 0.3) is 0 Å². The smallest absolute Gasteiger partial charge is 0.156 e. The molecule has 1 aliphatic heterocycles. The molecule has 84 valence electrons. The van der Waals surface area contributed by atoms with Crippen molar-refractivity contribution in [3.8, 4) is 0 Å². The first-order valence-corrected chi connectivity index (χ1v) is 6.47. The second kappa shape index (κ2) is 4.02. The van der Waals surface area contributed by atoms with Crippen LogP contribution in [0.3, 0.4) is 0 Å². The lowest BCUT2D eigenvalue weighted by Gasteiger charge is -2.07. The van der Waals surface area contributed by atoms with E-state index in [0.29, 0.717) is 11.1 Å². The quantitative estimate of drug-likeness (QED) is 0.877. The molecular formula is C11H11BrClN3. The van der Waals surface area contributed by atoms with Crippen molar-refractivity contribution < 1.29 is 0 Å². The molecule has 0 aliphatic carbocycles. The van der Waals surface area contributed by atoms with Crippen LogP contribution in [-0.2, 0) is 0 Å². The van der Waals surface area contributed by atoms with Gasteiger partial charge in [-0.25, -0.2) is 4.98 Å². The van der Waals surface area contributed by atoms with Crippen molar-refractivity contribution in [3.63, 3.8) is 0 Å². The zero-order chi connectivity index (χ0) is 11.1. The lowest BCUT2D eigenvalue weighted by molar-refractivity contribution is 0.698. The summed E-state index contributed by atoms with van der Waals surface area (Å²) >= 11 is 9.69. The van der Waals surface area contributed by atoms with Crippen LogP contribution in [0, 0.1) is 0 Å². The second-order valence-corrected chi connectivity index (χ2v) is 5.24. The van der Waals surface area contributed by atoms with E-state index in [1.807, 2.05) is 18.3 Å². The molecule has 0 aromatic carbocycles. The van der Waals surface area contributed by atoms with Crippen LogP contribution in [0.2, 0.25) is 5.15 Å². The van der Waals surface area contributed by atoms with E-state index < -0.39 is 0 Å². The predicted molar refractivity (Wildman–Crippen MR) is 68.1 cm³/mol. The monoisotopic (exact) mass is 299 g/mol. The molecule has 16 heavy (non-hydrogen) atoms. The van der Waals surface area contributed by atoms with Crippen LogP contribution in [0.4, 0.5) is 0 Å². The van der Waals surface area contributed by atoms with Gasteiger partial charge in [0.2, 0.25) is 0 Å². The Hall–Kier alpha value is -0.580. The number of nitrogens with zero attached hydrogens (tertiary/aromatic N) is 2. The predicted octanol–water partition coefficient (Wildman–Crippen LogP) is 2.83.